The largest absolute Gasteiger partial charge is 0.493 e. The molecular weight excluding hydrogens is 278 g/mol. The number of hydrogen-bond donors (Lipinski definition) is 2. The van der Waals surface area contributed by atoms with Gasteiger partial charge in [0.2, 0.25) is 5.95 Å². The van der Waals surface area contributed by atoms with Crippen molar-refractivity contribution in [3.63, 3.8) is 0 Å². The van der Waals surface area contributed by atoms with Crippen LogP contribution < -0.4 is 9.46 Å². The number of aromatic nitrogens is 2. The van der Waals surface area contributed by atoms with Crippen LogP contribution in [0.2, 0.25) is 0 Å². The molecule has 2 N–H and O–H groups in total. The van der Waals surface area contributed by atoms with Crippen molar-refractivity contribution >= 4 is 16.0 Å². The second-order valence-electron chi connectivity index (χ2n) is 4.72. The third kappa shape index (κ3) is 3.74. The topological polar surface area (TPSA) is 84.1 Å². The third-order valence-electron chi connectivity index (χ3n) is 2.45. The van der Waals surface area contributed by atoms with Gasteiger partial charge in [0.15, 0.2) is 0 Å². The van der Waals surface area contributed by atoms with Crippen LogP contribution in [0.1, 0.15) is 13.8 Å². The van der Waals surface area contributed by atoms with Crippen LogP contribution in [0.25, 0.3) is 0 Å². The van der Waals surface area contributed by atoms with E-state index in [0.29, 0.717) is 18.3 Å². The van der Waals surface area contributed by atoms with E-state index in [1.165, 1.54) is 18.3 Å². The summed E-state index contributed by atoms with van der Waals surface area (Å²) in [5.41, 5.74) is 0. The zero-order chi connectivity index (χ0) is 14.6. The molecule has 6 nitrogen and oxygen atoms in total. The Labute approximate surface area is 118 Å². The Morgan fingerprint density at radius 1 is 1.30 bits per heavy atom. The second kappa shape index (κ2) is 5.96. The normalized spacial score (nSPS) is 11.6. The fourth-order valence-corrected chi connectivity index (χ4v) is 2.46. The van der Waals surface area contributed by atoms with Crippen LogP contribution in [0.15, 0.2) is 41.6 Å². The molecule has 108 valence electrons. The van der Waals surface area contributed by atoms with Gasteiger partial charge < -0.3 is 9.72 Å². The zero-order valence-electron chi connectivity index (χ0n) is 11.3. The number of nitrogens with zero attached hydrogens (tertiary/aromatic N) is 1. The quantitative estimate of drug-likeness (QED) is 0.856. The number of anilines is 1. The standard InChI is InChI=1S/C13H17N3O3S/c1-10(2)9-19-11-3-5-12(6-4-11)20(17,18)16-13-14-7-8-15-13/h3-8,10H,9H2,1-2H3,(H2,14,15,16). The Morgan fingerprint density at radius 2 is 2.00 bits per heavy atom. The maximum absolute atomic E-state index is 12.1. The van der Waals surface area contributed by atoms with Crippen molar-refractivity contribution in [1.82, 2.24) is 9.97 Å². The van der Waals surface area contributed by atoms with Crippen LogP contribution in [0, 0.1) is 5.92 Å². The molecule has 7 heteroatoms. The lowest BCUT2D eigenvalue weighted by molar-refractivity contribution is 0.271. The van der Waals surface area contributed by atoms with E-state index < -0.39 is 10.0 Å². The van der Waals surface area contributed by atoms with Crippen molar-refractivity contribution in [3.8, 4) is 5.75 Å². The Hall–Kier alpha value is -2.02. The van der Waals surface area contributed by atoms with E-state index in [0.717, 1.165) is 0 Å². The van der Waals surface area contributed by atoms with Gasteiger partial charge >= 0.3 is 0 Å². The van der Waals surface area contributed by atoms with Crippen molar-refractivity contribution in [2.75, 3.05) is 11.3 Å². The van der Waals surface area contributed by atoms with Gasteiger partial charge in [-0.2, -0.15) is 0 Å². The molecule has 0 fully saturated rings. The predicted molar refractivity (Wildman–Crippen MR) is 76.2 cm³/mol. The van der Waals surface area contributed by atoms with Crippen molar-refractivity contribution in [1.29, 1.82) is 0 Å². The maximum Gasteiger partial charge on any atom is 0.264 e. The summed E-state index contributed by atoms with van der Waals surface area (Å²) < 4.78 is 32.0. The van der Waals surface area contributed by atoms with Gasteiger partial charge in [-0.15, -0.1) is 0 Å². The minimum absolute atomic E-state index is 0.158. The highest BCUT2D eigenvalue weighted by atomic mass is 32.2. The lowest BCUT2D eigenvalue weighted by Gasteiger charge is -2.09. The highest BCUT2D eigenvalue weighted by Crippen LogP contribution is 2.18. The number of H-pyrrole nitrogens is 1. The number of rotatable bonds is 6. The van der Waals surface area contributed by atoms with Crippen LogP contribution in [0.3, 0.4) is 0 Å². The zero-order valence-corrected chi connectivity index (χ0v) is 12.1. The van der Waals surface area contributed by atoms with Gasteiger partial charge in [0, 0.05) is 12.4 Å². The summed E-state index contributed by atoms with van der Waals surface area (Å²) >= 11 is 0. The van der Waals surface area contributed by atoms with Crippen LogP contribution in [0.5, 0.6) is 5.75 Å². The smallest absolute Gasteiger partial charge is 0.264 e. The van der Waals surface area contributed by atoms with Gasteiger partial charge in [0.1, 0.15) is 5.75 Å². The van der Waals surface area contributed by atoms with Crippen LogP contribution in [0.4, 0.5) is 5.95 Å². The Morgan fingerprint density at radius 3 is 2.55 bits per heavy atom. The first-order valence-corrected chi connectivity index (χ1v) is 7.71. The number of imidazole rings is 1. The predicted octanol–water partition coefficient (Wildman–Crippen LogP) is 2.25. The monoisotopic (exact) mass is 295 g/mol. The van der Waals surface area contributed by atoms with Crippen molar-refractivity contribution in [2.45, 2.75) is 18.7 Å². The second-order valence-corrected chi connectivity index (χ2v) is 6.40. The average molecular weight is 295 g/mol. The summed E-state index contributed by atoms with van der Waals surface area (Å²) in [5, 5.41) is 0. The molecule has 0 bridgehead atoms. The summed E-state index contributed by atoms with van der Waals surface area (Å²) in [6.45, 7) is 4.69. The van der Waals surface area contributed by atoms with E-state index >= 15 is 0 Å². The molecule has 0 radical (unpaired) electrons. The van der Waals surface area contributed by atoms with E-state index in [-0.39, 0.29) is 10.8 Å². The Kier molecular flexibility index (Phi) is 4.29. The first-order chi connectivity index (χ1) is 9.47. The molecule has 0 saturated carbocycles. The van der Waals surface area contributed by atoms with Crippen LogP contribution >= 0.6 is 0 Å². The van der Waals surface area contributed by atoms with Gasteiger partial charge in [0.05, 0.1) is 11.5 Å². The number of ether oxygens (including phenoxy) is 1. The SMILES string of the molecule is CC(C)COc1ccc(S(=O)(=O)Nc2ncc[nH]2)cc1. The molecule has 0 saturated heterocycles. The molecule has 0 amide bonds. The molecule has 1 aromatic heterocycles. The summed E-state index contributed by atoms with van der Waals surface area (Å²) in [6, 6.07) is 6.28. The third-order valence-corrected chi connectivity index (χ3v) is 3.80. The van der Waals surface area contributed by atoms with E-state index in [4.69, 9.17) is 4.74 Å². The fourth-order valence-electron chi connectivity index (χ4n) is 1.49. The Balaban J connectivity index is 2.08. The van der Waals surface area contributed by atoms with Gasteiger partial charge in [-0.1, -0.05) is 13.8 Å². The lowest BCUT2D eigenvalue weighted by atomic mass is 10.2. The Bertz CT molecular complexity index is 634. The summed E-state index contributed by atoms with van der Waals surface area (Å²) in [5.74, 6) is 1.25. The molecule has 0 atom stereocenters. The molecule has 2 rings (SSSR count). The minimum Gasteiger partial charge on any atom is -0.493 e. The first kappa shape index (κ1) is 14.4. The molecule has 0 unspecified atom stereocenters. The molecule has 1 aromatic carbocycles. The van der Waals surface area contributed by atoms with Gasteiger partial charge in [0.25, 0.3) is 10.0 Å². The molecule has 1 heterocycles. The average Bonchev–Trinajstić information content (AvgIpc) is 2.89. The molecule has 20 heavy (non-hydrogen) atoms. The van der Waals surface area contributed by atoms with Crippen molar-refractivity contribution < 1.29 is 13.2 Å². The first-order valence-electron chi connectivity index (χ1n) is 6.22. The highest BCUT2D eigenvalue weighted by molar-refractivity contribution is 7.92. The molecular formula is C13H17N3O3S. The summed E-state index contributed by atoms with van der Waals surface area (Å²) in [7, 11) is -3.63. The number of benzene rings is 1. The summed E-state index contributed by atoms with van der Waals surface area (Å²) in [4.78, 5) is 6.66. The summed E-state index contributed by atoms with van der Waals surface area (Å²) in [6.07, 6.45) is 3.02. The fraction of sp³-hybridized carbons (Fsp3) is 0.308. The molecule has 0 aliphatic carbocycles. The minimum atomic E-state index is -3.63. The molecule has 0 aliphatic heterocycles. The van der Waals surface area contributed by atoms with Crippen molar-refractivity contribution in [2.24, 2.45) is 5.92 Å². The van der Waals surface area contributed by atoms with Gasteiger partial charge in [-0.3, -0.25) is 0 Å². The number of sulfonamides is 1. The lowest BCUT2D eigenvalue weighted by Crippen LogP contribution is -2.14. The number of hydrogen-bond acceptors (Lipinski definition) is 4. The number of aromatic amines is 1. The molecule has 2 aromatic rings. The van der Waals surface area contributed by atoms with E-state index in [9.17, 15) is 8.42 Å². The van der Waals surface area contributed by atoms with Crippen LogP contribution in [-0.2, 0) is 10.0 Å². The van der Waals surface area contributed by atoms with Crippen molar-refractivity contribution in [3.05, 3.63) is 36.7 Å². The molecule has 0 spiro atoms. The molecule has 0 aliphatic rings. The van der Waals surface area contributed by atoms with Gasteiger partial charge in [-0.05, 0) is 30.2 Å². The van der Waals surface area contributed by atoms with Gasteiger partial charge in [-0.25, -0.2) is 18.1 Å². The van der Waals surface area contributed by atoms with E-state index in [1.807, 2.05) is 13.8 Å². The maximum atomic E-state index is 12.1. The highest BCUT2D eigenvalue weighted by Gasteiger charge is 2.15. The van der Waals surface area contributed by atoms with E-state index in [1.54, 1.807) is 18.3 Å². The number of nitrogens with one attached hydrogen (secondary N) is 2. The van der Waals surface area contributed by atoms with Crippen LogP contribution in [-0.4, -0.2) is 25.0 Å². The van der Waals surface area contributed by atoms with E-state index in [2.05, 4.69) is 14.7 Å².